The Hall–Kier alpha value is -0.810. The molecule has 0 unspecified atom stereocenters. The van der Waals surface area contributed by atoms with Crippen molar-refractivity contribution in [2.75, 3.05) is 13.2 Å². The van der Waals surface area contributed by atoms with Crippen LogP contribution in [-0.4, -0.2) is 42.2 Å². The molecule has 0 aliphatic carbocycles. The normalized spacial score (nSPS) is 22.7. The van der Waals surface area contributed by atoms with Crippen LogP contribution in [-0.2, 0) is 9.47 Å². The largest absolute Gasteiger partial charge is 0.444 e. The van der Waals surface area contributed by atoms with Crippen LogP contribution < -0.4 is 5.32 Å². The number of carbonyl (C=O) groups is 1. The lowest BCUT2D eigenvalue weighted by Gasteiger charge is -2.20. The monoisotopic (exact) mass is 203 g/mol. The maximum absolute atomic E-state index is 11.1. The summed E-state index contributed by atoms with van der Waals surface area (Å²) in [6.45, 7) is 6.09. The van der Waals surface area contributed by atoms with Crippen molar-refractivity contribution < 1.29 is 19.4 Å². The van der Waals surface area contributed by atoms with E-state index in [-0.39, 0.29) is 12.6 Å². The topological polar surface area (TPSA) is 71.1 Å². The number of amides is 1. The number of aliphatic hydroxyl groups is 1. The molecule has 0 spiro atoms. The van der Waals surface area contributed by atoms with Crippen LogP contribution in [0.5, 0.6) is 0 Å². The second-order valence-corrected chi connectivity index (χ2v) is 4.32. The smallest absolute Gasteiger partial charge is 0.407 e. The average molecular weight is 203 g/mol. The molecule has 1 fully saturated rings. The van der Waals surface area contributed by atoms with Crippen molar-refractivity contribution >= 4 is 6.09 Å². The molecule has 2 atom stereocenters. The van der Waals surface area contributed by atoms with Crippen molar-refractivity contribution in [3.8, 4) is 0 Å². The quantitative estimate of drug-likeness (QED) is 0.646. The van der Waals surface area contributed by atoms with Gasteiger partial charge in [0.05, 0.1) is 12.7 Å². The van der Waals surface area contributed by atoms with Gasteiger partial charge in [-0.05, 0) is 20.8 Å². The Morgan fingerprint density at radius 2 is 2.29 bits per heavy atom. The molecule has 0 aromatic heterocycles. The first-order valence-electron chi connectivity index (χ1n) is 4.65. The van der Waals surface area contributed by atoms with Gasteiger partial charge in [-0.3, -0.25) is 0 Å². The summed E-state index contributed by atoms with van der Waals surface area (Å²) in [5, 5.41) is 11.8. The number of hydrogen-bond acceptors (Lipinski definition) is 4. The Balaban J connectivity index is 2.14. The summed E-state index contributed by atoms with van der Waals surface area (Å²) in [5.41, 5.74) is -0.509. The first-order valence-corrected chi connectivity index (χ1v) is 4.65. The zero-order valence-corrected chi connectivity index (χ0v) is 8.74. The first-order chi connectivity index (χ1) is 6.38. The standard InChI is InChI=1S/C9H17NO4/c1-9(2,3)14-8(12)10-4-6(11)7-5-13-7/h6-7,11H,4-5H2,1-3H3,(H,10,12)/t6-,7-/m0/s1. The molecule has 5 heteroatoms. The number of ether oxygens (including phenoxy) is 2. The summed E-state index contributed by atoms with van der Waals surface area (Å²) in [5.74, 6) is 0. The highest BCUT2D eigenvalue weighted by atomic mass is 16.6. The van der Waals surface area contributed by atoms with E-state index in [2.05, 4.69) is 5.32 Å². The number of epoxide rings is 1. The van der Waals surface area contributed by atoms with Crippen LogP contribution in [0.15, 0.2) is 0 Å². The summed E-state index contributed by atoms with van der Waals surface area (Å²) in [6, 6.07) is 0. The molecule has 2 N–H and O–H groups in total. The van der Waals surface area contributed by atoms with Crippen LogP contribution in [0.4, 0.5) is 4.79 Å². The molecule has 1 aliphatic rings. The van der Waals surface area contributed by atoms with Gasteiger partial charge in [-0.2, -0.15) is 0 Å². The predicted molar refractivity (Wildman–Crippen MR) is 50.0 cm³/mol. The van der Waals surface area contributed by atoms with Crippen LogP contribution in [0.1, 0.15) is 20.8 Å². The molecule has 0 bridgehead atoms. The highest BCUT2D eigenvalue weighted by Gasteiger charge is 2.31. The zero-order valence-electron chi connectivity index (χ0n) is 8.74. The van der Waals surface area contributed by atoms with Crippen LogP contribution >= 0.6 is 0 Å². The zero-order chi connectivity index (χ0) is 10.8. The van der Waals surface area contributed by atoms with Gasteiger partial charge in [0, 0.05) is 6.54 Å². The third-order valence-corrected chi connectivity index (χ3v) is 1.64. The van der Waals surface area contributed by atoms with E-state index in [1.54, 1.807) is 20.8 Å². The Morgan fingerprint density at radius 3 is 2.71 bits per heavy atom. The summed E-state index contributed by atoms with van der Waals surface area (Å²) in [4.78, 5) is 11.1. The number of alkyl carbamates (subject to hydrolysis) is 1. The van der Waals surface area contributed by atoms with Crippen LogP contribution in [0.25, 0.3) is 0 Å². The molecule has 1 heterocycles. The van der Waals surface area contributed by atoms with Crippen molar-refractivity contribution in [1.82, 2.24) is 5.32 Å². The third-order valence-electron chi connectivity index (χ3n) is 1.64. The fraction of sp³-hybridized carbons (Fsp3) is 0.889. The first kappa shape index (κ1) is 11.3. The lowest BCUT2D eigenvalue weighted by Crippen LogP contribution is -2.38. The molecule has 1 saturated heterocycles. The SMILES string of the molecule is CC(C)(C)OC(=O)NC[C@H](O)[C@@H]1CO1. The van der Waals surface area contributed by atoms with Crippen LogP contribution in [0, 0.1) is 0 Å². The van der Waals surface area contributed by atoms with E-state index in [1.165, 1.54) is 0 Å². The number of rotatable bonds is 3. The Morgan fingerprint density at radius 1 is 1.71 bits per heavy atom. The van der Waals surface area contributed by atoms with Gasteiger partial charge in [-0.25, -0.2) is 4.79 Å². The second kappa shape index (κ2) is 4.14. The Kier molecular flexibility index (Phi) is 3.34. The number of nitrogens with one attached hydrogen (secondary N) is 1. The fourth-order valence-corrected chi connectivity index (χ4v) is 0.911. The number of carbonyl (C=O) groups excluding carboxylic acids is 1. The molecule has 1 amide bonds. The van der Waals surface area contributed by atoms with Crippen molar-refractivity contribution in [2.24, 2.45) is 0 Å². The lowest BCUT2D eigenvalue weighted by molar-refractivity contribution is 0.0478. The summed E-state index contributed by atoms with van der Waals surface area (Å²) < 4.78 is 9.85. The van der Waals surface area contributed by atoms with Crippen molar-refractivity contribution in [3.05, 3.63) is 0 Å². The van der Waals surface area contributed by atoms with E-state index in [0.29, 0.717) is 6.61 Å². The molecular formula is C9H17NO4. The molecule has 14 heavy (non-hydrogen) atoms. The molecule has 0 radical (unpaired) electrons. The molecule has 82 valence electrons. The summed E-state index contributed by atoms with van der Waals surface area (Å²) >= 11 is 0. The van der Waals surface area contributed by atoms with Gasteiger partial charge in [-0.15, -0.1) is 0 Å². The summed E-state index contributed by atoms with van der Waals surface area (Å²) in [7, 11) is 0. The minimum Gasteiger partial charge on any atom is -0.444 e. The van der Waals surface area contributed by atoms with Gasteiger partial charge in [0.15, 0.2) is 0 Å². The van der Waals surface area contributed by atoms with E-state index >= 15 is 0 Å². The number of hydrogen-bond donors (Lipinski definition) is 2. The van der Waals surface area contributed by atoms with E-state index in [4.69, 9.17) is 9.47 Å². The van der Waals surface area contributed by atoms with Crippen molar-refractivity contribution in [1.29, 1.82) is 0 Å². The molecule has 0 aromatic carbocycles. The Bertz CT molecular complexity index is 207. The van der Waals surface area contributed by atoms with Crippen molar-refractivity contribution in [2.45, 2.75) is 38.6 Å². The average Bonchev–Trinajstić information content (AvgIpc) is 2.78. The van der Waals surface area contributed by atoms with E-state index in [1.807, 2.05) is 0 Å². The van der Waals surface area contributed by atoms with Gasteiger partial charge >= 0.3 is 6.09 Å². The molecule has 0 saturated carbocycles. The summed E-state index contributed by atoms with van der Waals surface area (Å²) in [6.07, 6.45) is -1.27. The maximum atomic E-state index is 11.1. The van der Waals surface area contributed by atoms with Crippen LogP contribution in [0.3, 0.4) is 0 Å². The second-order valence-electron chi connectivity index (χ2n) is 4.32. The highest BCUT2D eigenvalue weighted by molar-refractivity contribution is 5.67. The minimum absolute atomic E-state index is 0.120. The fourth-order valence-electron chi connectivity index (χ4n) is 0.911. The highest BCUT2D eigenvalue weighted by Crippen LogP contribution is 2.13. The molecule has 0 aromatic rings. The van der Waals surface area contributed by atoms with E-state index < -0.39 is 17.8 Å². The van der Waals surface area contributed by atoms with Gasteiger partial charge in [0.25, 0.3) is 0 Å². The van der Waals surface area contributed by atoms with E-state index in [0.717, 1.165) is 0 Å². The third kappa shape index (κ3) is 4.43. The Labute approximate surface area is 83.4 Å². The molecule has 1 rings (SSSR count). The lowest BCUT2D eigenvalue weighted by atomic mass is 10.2. The van der Waals surface area contributed by atoms with Crippen molar-refractivity contribution in [3.63, 3.8) is 0 Å². The predicted octanol–water partition coefficient (Wildman–Crippen LogP) is 0.271. The van der Waals surface area contributed by atoms with Gasteiger partial charge in [0.2, 0.25) is 0 Å². The van der Waals surface area contributed by atoms with Crippen LogP contribution in [0.2, 0.25) is 0 Å². The number of aliphatic hydroxyl groups excluding tert-OH is 1. The van der Waals surface area contributed by atoms with Gasteiger partial charge in [0.1, 0.15) is 11.7 Å². The maximum Gasteiger partial charge on any atom is 0.407 e. The molecule has 1 aliphatic heterocycles. The van der Waals surface area contributed by atoms with E-state index in [9.17, 15) is 9.90 Å². The molecular weight excluding hydrogens is 186 g/mol. The minimum atomic E-state index is -0.637. The van der Waals surface area contributed by atoms with Gasteiger partial charge < -0.3 is 19.9 Å². The molecule has 5 nitrogen and oxygen atoms in total. The van der Waals surface area contributed by atoms with Gasteiger partial charge in [-0.1, -0.05) is 0 Å².